The second-order valence-electron chi connectivity index (χ2n) is 10.4. The van der Waals surface area contributed by atoms with Gasteiger partial charge in [0, 0.05) is 61.9 Å². The molecular formula is C30H42N8O2. The number of hydrogen-bond donors (Lipinski definition) is 4. The lowest BCUT2D eigenvalue weighted by Crippen LogP contribution is -2.48. The van der Waals surface area contributed by atoms with Gasteiger partial charge in [0.05, 0.1) is 5.69 Å². The molecule has 0 saturated carbocycles. The summed E-state index contributed by atoms with van der Waals surface area (Å²) in [5, 5.41) is 19.2. The number of nitrogens with zero attached hydrogens (tertiary/aromatic N) is 5. The summed E-state index contributed by atoms with van der Waals surface area (Å²) in [5.41, 5.74) is 2.64. The SMILES string of the molecule is C=CCNC=O.Cc1cnc(Nc2ccc(N3CCN(C(C)C)CC3)cc2)nc1Nc1cccc(C(C)(C)O)n1. The highest BCUT2D eigenvalue weighted by atomic mass is 16.3. The molecule has 2 aromatic heterocycles. The first kappa shape index (κ1) is 30.5. The zero-order valence-corrected chi connectivity index (χ0v) is 24.2. The van der Waals surface area contributed by atoms with E-state index in [9.17, 15) is 9.90 Å². The van der Waals surface area contributed by atoms with Crippen LogP contribution in [0.5, 0.6) is 0 Å². The summed E-state index contributed by atoms with van der Waals surface area (Å²) in [6.07, 6.45) is 4.04. The highest BCUT2D eigenvalue weighted by molar-refractivity contribution is 5.62. The van der Waals surface area contributed by atoms with Gasteiger partial charge in [-0.2, -0.15) is 4.98 Å². The summed E-state index contributed by atoms with van der Waals surface area (Å²) >= 11 is 0. The maximum Gasteiger partial charge on any atom is 0.229 e. The number of aryl methyl sites for hydroxylation is 1. The van der Waals surface area contributed by atoms with Crippen molar-refractivity contribution in [2.75, 3.05) is 48.3 Å². The normalized spacial score (nSPS) is 13.7. The average Bonchev–Trinajstić information content (AvgIpc) is 2.94. The number of aromatic nitrogens is 3. The van der Waals surface area contributed by atoms with E-state index in [4.69, 9.17) is 0 Å². The van der Waals surface area contributed by atoms with E-state index in [-0.39, 0.29) is 0 Å². The lowest BCUT2D eigenvalue weighted by Gasteiger charge is -2.38. The third kappa shape index (κ3) is 9.03. The smallest absolute Gasteiger partial charge is 0.229 e. The van der Waals surface area contributed by atoms with Gasteiger partial charge in [-0.3, -0.25) is 9.69 Å². The summed E-state index contributed by atoms with van der Waals surface area (Å²) in [6.45, 7) is 18.1. The van der Waals surface area contributed by atoms with Crippen LogP contribution in [0.15, 0.2) is 61.3 Å². The summed E-state index contributed by atoms with van der Waals surface area (Å²) in [5.74, 6) is 1.79. The van der Waals surface area contributed by atoms with Gasteiger partial charge in [-0.05, 0) is 71.0 Å². The zero-order valence-electron chi connectivity index (χ0n) is 24.2. The van der Waals surface area contributed by atoms with Crippen LogP contribution in [-0.2, 0) is 10.4 Å². The third-order valence-electron chi connectivity index (χ3n) is 6.47. The van der Waals surface area contributed by atoms with Gasteiger partial charge >= 0.3 is 0 Å². The number of piperazine rings is 1. The number of aliphatic hydroxyl groups is 1. The van der Waals surface area contributed by atoms with Crippen LogP contribution in [0.25, 0.3) is 0 Å². The fourth-order valence-corrected chi connectivity index (χ4v) is 4.11. The van der Waals surface area contributed by atoms with Gasteiger partial charge in [-0.25, -0.2) is 9.97 Å². The number of amides is 1. The Bertz CT molecular complexity index is 1230. The first-order valence-electron chi connectivity index (χ1n) is 13.5. The number of rotatable bonds is 10. The molecule has 3 aromatic rings. The molecular weight excluding hydrogens is 504 g/mol. The second-order valence-corrected chi connectivity index (χ2v) is 10.4. The Kier molecular flexibility index (Phi) is 11.0. The van der Waals surface area contributed by atoms with Gasteiger partial charge in [-0.1, -0.05) is 12.1 Å². The van der Waals surface area contributed by atoms with Crippen molar-refractivity contribution < 1.29 is 9.90 Å². The van der Waals surface area contributed by atoms with Crippen molar-refractivity contribution in [2.45, 2.75) is 46.3 Å². The van der Waals surface area contributed by atoms with Gasteiger partial charge < -0.3 is 26.0 Å². The van der Waals surface area contributed by atoms with Crippen molar-refractivity contribution >= 4 is 35.4 Å². The molecule has 1 aliphatic rings. The van der Waals surface area contributed by atoms with Crippen LogP contribution in [0.1, 0.15) is 39.0 Å². The van der Waals surface area contributed by atoms with Crippen LogP contribution in [0.2, 0.25) is 0 Å². The summed E-state index contributed by atoms with van der Waals surface area (Å²) < 4.78 is 0. The summed E-state index contributed by atoms with van der Waals surface area (Å²) in [4.78, 5) is 27.9. The molecule has 4 rings (SSSR count). The largest absolute Gasteiger partial charge is 0.384 e. The van der Waals surface area contributed by atoms with Crippen LogP contribution in [0, 0.1) is 6.92 Å². The fraction of sp³-hybridized carbons (Fsp3) is 0.400. The van der Waals surface area contributed by atoms with E-state index in [1.807, 2.05) is 19.1 Å². The molecule has 1 amide bonds. The Balaban J connectivity index is 0.000000663. The number of carbonyl (C=O) groups excluding carboxylic acids is 1. The maximum atomic E-state index is 10.2. The number of nitrogens with one attached hydrogen (secondary N) is 3. The molecule has 0 unspecified atom stereocenters. The molecule has 0 aliphatic carbocycles. The van der Waals surface area contributed by atoms with E-state index < -0.39 is 5.60 Å². The molecule has 10 heteroatoms. The molecule has 4 N–H and O–H groups in total. The number of hydrogen-bond acceptors (Lipinski definition) is 9. The second kappa shape index (κ2) is 14.4. The number of anilines is 5. The molecule has 214 valence electrons. The van der Waals surface area contributed by atoms with E-state index in [1.54, 1.807) is 32.2 Å². The van der Waals surface area contributed by atoms with Crippen LogP contribution < -0.4 is 20.9 Å². The van der Waals surface area contributed by atoms with Crippen molar-refractivity contribution in [1.82, 2.24) is 25.2 Å². The Morgan fingerprint density at radius 3 is 2.33 bits per heavy atom. The highest BCUT2D eigenvalue weighted by Gasteiger charge is 2.19. The maximum absolute atomic E-state index is 10.2. The average molecular weight is 547 g/mol. The van der Waals surface area contributed by atoms with Gasteiger partial charge in [0.25, 0.3) is 0 Å². The van der Waals surface area contributed by atoms with Gasteiger partial charge in [-0.15, -0.1) is 6.58 Å². The first-order valence-corrected chi connectivity index (χ1v) is 13.5. The molecule has 1 aliphatic heterocycles. The molecule has 0 spiro atoms. The van der Waals surface area contributed by atoms with Crippen LogP contribution in [0.4, 0.5) is 29.0 Å². The van der Waals surface area contributed by atoms with Crippen molar-refractivity contribution in [2.24, 2.45) is 0 Å². The van der Waals surface area contributed by atoms with E-state index in [0.717, 1.165) is 37.4 Å². The molecule has 0 radical (unpaired) electrons. The predicted molar refractivity (Wildman–Crippen MR) is 162 cm³/mol. The molecule has 1 fully saturated rings. The summed E-state index contributed by atoms with van der Waals surface area (Å²) in [7, 11) is 0. The molecule has 0 atom stereocenters. The standard InChI is InChI=1S/C26H35N7O.C4H7NO/c1-18(2)32-13-15-33(16-14-32)21-11-9-20(10-12-21)28-25-27-17-19(3)24(31-25)30-23-8-6-7-22(29-23)26(4,5)34;1-2-3-5-4-6/h6-12,17-18,34H,13-16H2,1-5H3,(H2,27,28,29,30,31);2,4H,1,3H2,(H,5,6). The minimum atomic E-state index is -1.01. The van der Waals surface area contributed by atoms with E-state index in [2.05, 4.69) is 85.4 Å². The lowest BCUT2D eigenvalue weighted by atomic mass is 10.1. The number of carbonyl (C=O) groups is 1. The number of benzene rings is 1. The Labute approximate surface area is 237 Å². The number of pyridine rings is 1. The Morgan fingerprint density at radius 2 is 1.75 bits per heavy atom. The third-order valence-corrected chi connectivity index (χ3v) is 6.47. The fourth-order valence-electron chi connectivity index (χ4n) is 4.11. The van der Waals surface area contributed by atoms with Crippen LogP contribution >= 0.6 is 0 Å². The van der Waals surface area contributed by atoms with Crippen LogP contribution in [0.3, 0.4) is 0 Å². The molecule has 40 heavy (non-hydrogen) atoms. The van der Waals surface area contributed by atoms with Crippen molar-refractivity contribution in [1.29, 1.82) is 0 Å². The zero-order chi connectivity index (χ0) is 29.1. The van der Waals surface area contributed by atoms with E-state index >= 15 is 0 Å². The quantitative estimate of drug-likeness (QED) is 0.167. The topological polar surface area (TPSA) is 119 Å². The van der Waals surface area contributed by atoms with E-state index in [1.165, 1.54) is 5.69 Å². The van der Waals surface area contributed by atoms with Crippen LogP contribution in [-0.4, -0.2) is 70.1 Å². The van der Waals surface area contributed by atoms with Crippen molar-refractivity contribution in [3.05, 3.63) is 72.6 Å². The highest BCUT2D eigenvalue weighted by Crippen LogP contribution is 2.24. The first-order chi connectivity index (χ1) is 19.1. The monoisotopic (exact) mass is 546 g/mol. The summed E-state index contributed by atoms with van der Waals surface area (Å²) in [6, 6.07) is 14.5. The molecule has 3 heterocycles. The van der Waals surface area contributed by atoms with Gasteiger partial charge in [0.15, 0.2) is 0 Å². The lowest BCUT2D eigenvalue weighted by molar-refractivity contribution is -0.109. The van der Waals surface area contributed by atoms with Crippen molar-refractivity contribution in [3.63, 3.8) is 0 Å². The molecule has 10 nitrogen and oxygen atoms in total. The Hall–Kier alpha value is -4.02. The molecule has 1 saturated heterocycles. The van der Waals surface area contributed by atoms with Crippen molar-refractivity contribution in [3.8, 4) is 0 Å². The molecule has 0 bridgehead atoms. The minimum Gasteiger partial charge on any atom is -0.384 e. The van der Waals surface area contributed by atoms with Gasteiger partial charge in [0.1, 0.15) is 17.2 Å². The van der Waals surface area contributed by atoms with E-state index in [0.29, 0.717) is 42.3 Å². The minimum absolute atomic E-state index is 0.505. The predicted octanol–water partition coefficient (Wildman–Crippen LogP) is 4.34. The Morgan fingerprint density at radius 1 is 1.05 bits per heavy atom. The van der Waals surface area contributed by atoms with Gasteiger partial charge in [0.2, 0.25) is 12.4 Å². The molecule has 1 aromatic carbocycles.